The van der Waals surface area contributed by atoms with Crippen molar-refractivity contribution in [2.75, 3.05) is 11.5 Å². The lowest BCUT2D eigenvalue weighted by molar-refractivity contribution is -0.124. The monoisotopic (exact) mass is 228 g/mol. The number of Topliss-reactive ketones (excluding diaryl/α,β-unsaturated/α-hetero) is 1. The zero-order valence-corrected chi connectivity index (χ0v) is 10.8. The fourth-order valence-electron chi connectivity index (χ4n) is 3.06. The van der Waals surface area contributed by atoms with Crippen molar-refractivity contribution in [3.8, 4) is 0 Å². The second-order valence-corrected chi connectivity index (χ2v) is 6.89. The molecule has 2 rings (SSSR count). The predicted octanol–water partition coefficient (Wildman–Crippen LogP) is 2.51. The lowest BCUT2D eigenvalue weighted by Crippen LogP contribution is -2.36. The molecule has 2 atom stereocenters. The molecule has 0 spiro atoms. The summed E-state index contributed by atoms with van der Waals surface area (Å²) in [6.07, 6.45) is 1.01. The van der Waals surface area contributed by atoms with Gasteiger partial charge in [-0.25, -0.2) is 0 Å². The number of rotatable bonds is 1. The van der Waals surface area contributed by atoms with E-state index in [2.05, 4.69) is 27.7 Å². The summed E-state index contributed by atoms with van der Waals surface area (Å²) in [5, 5.41) is 0. The van der Waals surface area contributed by atoms with Gasteiger partial charge in [0.1, 0.15) is 5.78 Å². The Morgan fingerprint density at radius 1 is 1.33 bits per heavy atom. The number of ether oxygens (including phenoxy) is 1. The summed E-state index contributed by atoms with van der Waals surface area (Å²) in [7, 11) is 0. The van der Waals surface area contributed by atoms with Crippen LogP contribution in [0, 0.1) is 11.8 Å². The third-order valence-corrected chi connectivity index (χ3v) is 4.67. The van der Waals surface area contributed by atoms with Crippen molar-refractivity contribution in [3.05, 3.63) is 0 Å². The van der Waals surface area contributed by atoms with Crippen LogP contribution in [0.15, 0.2) is 0 Å². The summed E-state index contributed by atoms with van der Waals surface area (Å²) in [5.74, 6) is 2.76. The van der Waals surface area contributed by atoms with Crippen LogP contribution in [-0.2, 0) is 9.53 Å². The molecule has 2 saturated heterocycles. The summed E-state index contributed by atoms with van der Waals surface area (Å²) in [4.78, 5) is 11.8. The van der Waals surface area contributed by atoms with Crippen LogP contribution < -0.4 is 0 Å². The maximum atomic E-state index is 11.8. The molecule has 0 N–H and O–H groups in total. The van der Waals surface area contributed by atoms with E-state index in [4.69, 9.17) is 4.74 Å². The molecule has 0 radical (unpaired) electrons. The van der Waals surface area contributed by atoms with E-state index in [1.165, 1.54) is 0 Å². The molecular formula is C12H20O2S. The summed E-state index contributed by atoms with van der Waals surface area (Å²) in [6.45, 7) is 8.51. The smallest absolute Gasteiger partial charge is 0.147 e. The Morgan fingerprint density at radius 3 is 2.40 bits per heavy atom. The van der Waals surface area contributed by atoms with E-state index < -0.39 is 0 Å². The van der Waals surface area contributed by atoms with Gasteiger partial charge in [-0.2, -0.15) is 11.8 Å². The van der Waals surface area contributed by atoms with Gasteiger partial charge < -0.3 is 4.74 Å². The van der Waals surface area contributed by atoms with Gasteiger partial charge in [-0.3, -0.25) is 4.79 Å². The van der Waals surface area contributed by atoms with Gasteiger partial charge in [0.05, 0.1) is 17.0 Å². The van der Waals surface area contributed by atoms with Crippen LogP contribution in [0.1, 0.15) is 34.1 Å². The van der Waals surface area contributed by atoms with Gasteiger partial charge >= 0.3 is 0 Å². The van der Waals surface area contributed by atoms with E-state index in [-0.39, 0.29) is 17.1 Å². The first kappa shape index (κ1) is 11.5. The van der Waals surface area contributed by atoms with Crippen molar-refractivity contribution in [1.29, 1.82) is 0 Å². The van der Waals surface area contributed by atoms with Gasteiger partial charge in [0.2, 0.25) is 0 Å². The minimum Gasteiger partial charge on any atom is -0.369 e. The number of thioether (sulfide) groups is 1. The van der Waals surface area contributed by atoms with Gasteiger partial charge in [-0.15, -0.1) is 0 Å². The highest BCUT2D eigenvalue weighted by atomic mass is 32.2. The molecule has 2 aliphatic rings. The van der Waals surface area contributed by atoms with E-state index >= 15 is 0 Å². The first-order valence-corrected chi connectivity index (χ1v) is 6.78. The second-order valence-electron chi connectivity index (χ2n) is 5.86. The topological polar surface area (TPSA) is 26.3 Å². The van der Waals surface area contributed by atoms with Crippen molar-refractivity contribution in [2.24, 2.45) is 11.8 Å². The molecule has 3 heteroatoms. The minimum atomic E-state index is -0.144. The van der Waals surface area contributed by atoms with Gasteiger partial charge in [-0.1, -0.05) is 0 Å². The first-order chi connectivity index (χ1) is 6.82. The van der Waals surface area contributed by atoms with E-state index in [9.17, 15) is 4.79 Å². The molecule has 15 heavy (non-hydrogen) atoms. The highest BCUT2D eigenvalue weighted by Gasteiger charge is 2.51. The van der Waals surface area contributed by atoms with Gasteiger partial charge in [0.25, 0.3) is 0 Å². The average molecular weight is 228 g/mol. The molecule has 0 saturated carbocycles. The minimum absolute atomic E-state index is 0.0678. The Morgan fingerprint density at radius 2 is 2.00 bits per heavy atom. The zero-order valence-electron chi connectivity index (χ0n) is 10.0. The Bertz CT molecular complexity index is 283. The molecule has 2 unspecified atom stereocenters. The standard InChI is InChI=1S/C12H20O2S/c1-11(2)5-9(12(3,4)14-11)8-6-15-7-10(8)13/h8-9H,5-7H2,1-4H3. The molecule has 0 aliphatic carbocycles. The van der Waals surface area contributed by atoms with E-state index in [1.807, 2.05) is 0 Å². The lowest BCUT2D eigenvalue weighted by Gasteiger charge is -2.29. The third kappa shape index (κ3) is 2.09. The van der Waals surface area contributed by atoms with E-state index in [0.29, 0.717) is 17.5 Å². The van der Waals surface area contributed by atoms with Crippen LogP contribution in [0.2, 0.25) is 0 Å². The number of hydrogen-bond acceptors (Lipinski definition) is 3. The molecule has 0 aromatic rings. The molecule has 0 aromatic carbocycles. The molecule has 0 aromatic heterocycles. The van der Waals surface area contributed by atoms with Crippen molar-refractivity contribution in [2.45, 2.75) is 45.3 Å². The maximum Gasteiger partial charge on any atom is 0.147 e. The van der Waals surface area contributed by atoms with Crippen molar-refractivity contribution < 1.29 is 9.53 Å². The van der Waals surface area contributed by atoms with E-state index in [0.717, 1.165) is 12.2 Å². The Kier molecular flexibility index (Phi) is 2.67. The number of carbonyl (C=O) groups is 1. The summed E-state index contributed by atoms with van der Waals surface area (Å²) < 4.78 is 6.05. The average Bonchev–Trinajstić information content (AvgIpc) is 2.52. The van der Waals surface area contributed by atoms with Crippen molar-refractivity contribution in [3.63, 3.8) is 0 Å². The van der Waals surface area contributed by atoms with Crippen LogP contribution in [0.5, 0.6) is 0 Å². The highest BCUT2D eigenvalue weighted by molar-refractivity contribution is 8.00. The molecule has 86 valence electrons. The van der Waals surface area contributed by atoms with Gasteiger partial charge in [-0.05, 0) is 34.1 Å². The largest absolute Gasteiger partial charge is 0.369 e. The summed E-state index contributed by atoms with van der Waals surface area (Å²) in [6, 6.07) is 0. The lowest BCUT2D eigenvalue weighted by atomic mass is 9.77. The molecule has 0 amide bonds. The van der Waals surface area contributed by atoms with Crippen LogP contribution in [-0.4, -0.2) is 28.5 Å². The van der Waals surface area contributed by atoms with Crippen LogP contribution in [0.3, 0.4) is 0 Å². The zero-order chi connectivity index (χ0) is 11.3. The SMILES string of the molecule is CC1(C)CC(C2CSCC2=O)C(C)(C)O1. The predicted molar refractivity (Wildman–Crippen MR) is 63.2 cm³/mol. The van der Waals surface area contributed by atoms with Crippen molar-refractivity contribution >= 4 is 17.5 Å². The summed E-state index contributed by atoms with van der Waals surface area (Å²) in [5.41, 5.74) is -0.212. The van der Waals surface area contributed by atoms with Crippen LogP contribution >= 0.6 is 11.8 Å². The number of carbonyl (C=O) groups excluding carboxylic acids is 1. The van der Waals surface area contributed by atoms with Gasteiger partial charge in [0, 0.05) is 17.6 Å². The molecule has 2 aliphatic heterocycles. The first-order valence-electron chi connectivity index (χ1n) is 5.62. The molecule has 2 fully saturated rings. The fraction of sp³-hybridized carbons (Fsp3) is 0.917. The molecule has 2 nitrogen and oxygen atoms in total. The molecular weight excluding hydrogens is 208 g/mol. The van der Waals surface area contributed by atoms with Crippen LogP contribution in [0.25, 0.3) is 0 Å². The summed E-state index contributed by atoms with van der Waals surface area (Å²) >= 11 is 1.77. The normalized spacial score (nSPS) is 38.5. The maximum absolute atomic E-state index is 11.8. The van der Waals surface area contributed by atoms with E-state index in [1.54, 1.807) is 11.8 Å². The Labute approximate surface area is 96.1 Å². The Hall–Kier alpha value is -0.0200. The number of ketones is 1. The molecule has 0 bridgehead atoms. The number of hydrogen-bond donors (Lipinski definition) is 0. The van der Waals surface area contributed by atoms with Crippen LogP contribution in [0.4, 0.5) is 0 Å². The fourth-order valence-corrected chi connectivity index (χ4v) is 4.26. The highest BCUT2D eigenvalue weighted by Crippen LogP contribution is 2.47. The molecule has 2 heterocycles. The van der Waals surface area contributed by atoms with Crippen molar-refractivity contribution in [1.82, 2.24) is 0 Å². The second kappa shape index (κ2) is 3.49. The third-order valence-electron chi connectivity index (χ3n) is 3.58. The quantitative estimate of drug-likeness (QED) is 0.690. The Balaban J connectivity index is 2.18. The van der Waals surface area contributed by atoms with Gasteiger partial charge in [0.15, 0.2) is 0 Å².